The molecule has 0 bridgehead atoms. The SMILES string of the molecule is CC/C=C\C/C=C\C/C=C\C/C=C\C/C=C\C/C=C\C/C=C\CCCC(=O)OC(COC(=O)CCCCCCCCCCCCCCCCCCCCCCCCCCCCCCCCCCCCCCCCC)COC(OCC[N+](C)(C)C)C(=O)[O-]. The minimum atomic E-state index is -1.64. The van der Waals surface area contributed by atoms with Crippen LogP contribution in [0.3, 0.4) is 0 Å². The van der Waals surface area contributed by atoms with Crippen molar-refractivity contribution in [2.24, 2.45) is 0 Å². The van der Waals surface area contributed by atoms with Gasteiger partial charge in [-0.1, -0.05) is 343 Å². The second-order valence-electron chi connectivity index (χ2n) is 25.9. The molecule has 0 spiro atoms. The highest BCUT2D eigenvalue weighted by Crippen LogP contribution is 2.19. The number of ether oxygens (including phenoxy) is 4. The summed E-state index contributed by atoms with van der Waals surface area (Å²) in [4.78, 5) is 37.4. The molecule has 9 heteroatoms. The van der Waals surface area contributed by atoms with E-state index in [4.69, 9.17) is 18.9 Å². The highest BCUT2D eigenvalue weighted by molar-refractivity contribution is 5.70. The number of nitrogens with zero attached hydrogens (tertiary/aromatic N) is 1. The second kappa shape index (κ2) is 68.4. The van der Waals surface area contributed by atoms with Crippen LogP contribution in [0.15, 0.2) is 85.1 Å². The minimum Gasteiger partial charge on any atom is -0.545 e. The second-order valence-corrected chi connectivity index (χ2v) is 25.9. The van der Waals surface area contributed by atoms with E-state index < -0.39 is 24.3 Å². The van der Waals surface area contributed by atoms with E-state index >= 15 is 0 Å². The smallest absolute Gasteiger partial charge is 0.306 e. The highest BCUT2D eigenvalue weighted by Gasteiger charge is 2.22. The Kier molecular flexibility index (Phi) is 65.6. The van der Waals surface area contributed by atoms with Crippen LogP contribution in [0.5, 0.6) is 0 Å². The molecular weight excluding hydrogens is 1080 g/mol. The first-order valence-corrected chi connectivity index (χ1v) is 36.7. The Morgan fingerprint density at radius 2 is 0.655 bits per heavy atom. The summed E-state index contributed by atoms with van der Waals surface area (Å²) < 4.78 is 22.7. The quantitative estimate of drug-likeness (QED) is 0.0195. The number of unbranched alkanes of at least 4 members (excludes halogenated alkanes) is 39. The summed E-state index contributed by atoms with van der Waals surface area (Å²) in [6.45, 7) is 4.60. The standard InChI is InChI=1S/C78H139NO8/c1-6-8-10-12-14-16-18-20-22-24-26-28-30-31-32-33-34-35-36-37-38-39-40-41-42-43-44-45-47-48-50-52-54-56-58-60-62-64-66-68-75(80)85-72-74(73-86-78(77(82)83)84-71-70-79(3,4)5)87-76(81)69-67-65-63-61-59-57-55-53-51-49-46-29-27-25-23-21-19-17-15-13-11-9-7-2/h9,11,15,17,21,23,27,29,49,51,55,57,61,63,74,78H,6-8,10,12-14,16,18-20,22,24-26,28,30-48,50,52-54,56,58-60,62,64-73H2,1-5H3/b11-9-,17-15-,23-21-,29-27-,51-49-,57-55-,63-61-. The number of carboxylic acid groups (broad SMARTS) is 1. The molecule has 0 N–H and O–H groups in total. The van der Waals surface area contributed by atoms with Crippen molar-refractivity contribution in [2.75, 3.05) is 47.5 Å². The zero-order chi connectivity index (χ0) is 63.3. The minimum absolute atomic E-state index is 0.134. The van der Waals surface area contributed by atoms with E-state index in [9.17, 15) is 19.5 Å². The van der Waals surface area contributed by atoms with Crippen molar-refractivity contribution in [3.8, 4) is 0 Å². The van der Waals surface area contributed by atoms with Gasteiger partial charge in [0.1, 0.15) is 13.2 Å². The summed E-state index contributed by atoms with van der Waals surface area (Å²) in [7, 11) is 5.91. The Hall–Kier alpha value is -3.53. The zero-order valence-electron chi connectivity index (χ0n) is 57.6. The van der Waals surface area contributed by atoms with Crippen LogP contribution in [0.1, 0.15) is 335 Å². The topological polar surface area (TPSA) is 111 Å². The fourth-order valence-electron chi connectivity index (χ4n) is 10.6. The molecule has 0 heterocycles. The molecular formula is C78H139NO8. The highest BCUT2D eigenvalue weighted by atomic mass is 16.7. The first-order valence-electron chi connectivity index (χ1n) is 36.7. The summed E-state index contributed by atoms with van der Waals surface area (Å²) in [6.07, 6.45) is 90.0. The molecule has 2 unspecified atom stereocenters. The molecule has 0 rings (SSSR count). The molecule has 504 valence electrons. The van der Waals surface area contributed by atoms with E-state index in [2.05, 4.69) is 98.9 Å². The first kappa shape index (κ1) is 83.5. The number of hydrogen-bond acceptors (Lipinski definition) is 8. The lowest BCUT2D eigenvalue weighted by molar-refractivity contribution is -0.870. The van der Waals surface area contributed by atoms with E-state index in [1.807, 2.05) is 21.1 Å². The Bertz CT molecular complexity index is 1700. The fourth-order valence-corrected chi connectivity index (χ4v) is 10.6. The lowest BCUT2D eigenvalue weighted by Gasteiger charge is -2.26. The number of hydrogen-bond donors (Lipinski definition) is 0. The molecule has 0 saturated carbocycles. The molecule has 0 aliphatic heterocycles. The van der Waals surface area contributed by atoms with Gasteiger partial charge >= 0.3 is 11.9 Å². The van der Waals surface area contributed by atoms with Crippen LogP contribution in [0.2, 0.25) is 0 Å². The van der Waals surface area contributed by atoms with Gasteiger partial charge in [-0.05, 0) is 64.2 Å². The van der Waals surface area contributed by atoms with Crippen molar-refractivity contribution in [3.63, 3.8) is 0 Å². The fraction of sp³-hybridized carbons (Fsp3) is 0.782. The molecule has 0 amide bonds. The summed E-state index contributed by atoms with van der Waals surface area (Å²) in [5.74, 6) is -2.36. The van der Waals surface area contributed by atoms with Crippen LogP contribution in [0, 0.1) is 0 Å². The summed E-state index contributed by atoms with van der Waals surface area (Å²) >= 11 is 0. The third-order valence-corrected chi connectivity index (χ3v) is 16.2. The number of allylic oxidation sites excluding steroid dienone is 14. The summed E-state index contributed by atoms with van der Waals surface area (Å²) in [5.41, 5.74) is 0. The number of rotatable bonds is 68. The van der Waals surface area contributed by atoms with E-state index in [1.165, 1.54) is 231 Å². The van der Waals surface area contributed by atoms with E-state index in [0.717, 1.165) is 64.2 Å². The average molecular weight is 1220 g/mol. The van der Waals surface area contributed by atoms with Gasteiger partial charge in [0.15, 0.2) is 12.4 Å². The van der Waals surface area contributed by atoms with Gasteiger partial charge < -0.3 is 33.3 Å². The van der Waals surface area contributed by atoms with E-state index in [0.29, 0.717) is 23.9 Å². The molecule has 0 aliphatic carbocycles. The Labute approximate surface area is 538 Å². The Morgan fingerprint density at radius 3 is 0.966 bits per heavy atom. The van der Waals surface area contributed by atoms with Crippen LogP contribution in [-0.4, -0.2) is 82.3 Å². The maximum absolute atomic E-state index is 12.9. The molecule has 0 radical (unpaired) electrons. The molecule has 0 aromatic heterocycles. The average Bonchev–Trinajstić information content (AvgIpc) is 3.50. The van der Waals surface area contributed by atoms with Crippen molar-refractivity contribution < 1.29 is 42.9 Å². The number of quaternary nitrogens is 1. The molecule has 2 atom stereocenters. The molecule has 0 fully saturated rings. The number of carboxylic acids is 1. The molecule has 9 nitrogen and oxygen atoms in total. The van der Waals surface area contributed by atoms with Gasteiger partial charge in [-0.2, -0.15) is 0 Å². The monoisotopic (exact) mass is 1220 g/mol. The maximum atomic E-state index is 12.9. The van der Waals surface area contributed by atoms with Crippen LogP contribution in [0.25, 0.3) is 0 Å². The van der Waals surface area contributed by atoms with Gasteiger partial charge in [-0.3, -0.25) is 9.59 Å². The number of likely N-dealkylation sites (N-methyl/N-ethyl adjacent to an activating group) is 1. The van der Waals surface area contributed by atoms with Crippen molar-refractivity contribution in [1.82, 2.24) is 0 Å². The number of carbonyl (C=O) groups excluding carboxylic acids is 3. The Morgan fingerprint density at radius 1 is 0.356 bits per heavy atom. The number of carbonyl (C=O) groups is 3. The van der Waals surface area contributed by atoms with Gasteiger partial charge in [-0.25, -0.2) is 0 Å². The van der Waals surface area contributed by atoms with Gasteiger partial charge in [0.05, 0.1) is 40.3 Å². The van der Waals surface area contributed by atoms with Gasteiger partial charge in [0.25, 0.3) is 0 Å². The third-order valence-electron chi connectivity index (χ3n) is 16.2. The lowest BCUT2D eigenvalue weighted by atomic mass is 10.0. The molecule has 0 aromatic rings. The van der Waals surface area contributed by atoms with E-state index in [-0.39, 0.29) is 38.6 Å². The van der Waals surface area contributed by atoms with Gasteiger partial charge in [0, 0.05) is 12.8 Å². The molecule has 87 heavy (non-hydrogen) atoms. The van der Waals surface area contributed by atoms with Crippen molar-refractivity contribution >= 4 is 17.9 Å². The number of aliphatic carboxylic acids is 1. The van der Waals surface area contributed by atoms with Crippen molar-refractivity contribution in [1.29, 1.82) is 0 Å². The summed E-state index contributed by atoms with van der Waals surface area (Å²) in [5, 5.41) is 11.8. The van der Waals surface area contributed by atoms with Gasteiger partial charge in [-0.15, -0.1) is 0 Å². The van der Waals surface area contributed by atoms with Crippen LogP contribution in [-0.2, 0) is 33.3 Å². The van der Waals surface area contributed by atoms with Crippen LogP contribution < -0.4 is 5.11 Å². The number of esters is 2. The summed E-state index contributed by atoms with van der Waals surface area (Å²) in [6, 6.07) is 0. The normalized spacial score (nSPS) is 13.2. The predicted octanol–water partition coefficient (Wildman–Crippen LogP) is 21.7. The van der Waals surface area contributed by atoms with Crippen molar-refractivity contribution in [3.05, 3.63) is 85.1 Å². The lowest BCUT2D eigenvalue weighted by Crippen LogP contribution is -2.44. The Balaban J connectivity index is 4.03. The zero-order valence-corrected chi connectivity index (χ0v) is 57.6. The predicted molar refractivity (Wildman–Crippen MR) is 371 cm³/mol. The van der Waals surface area contributed by atoms with Crippen LogP contribution in [0.4, 0.5) is 0 Å². The molecule has 0 aromatic carbocycles. The maximum Gasteiger partial charge on any atom is 0.306 e. The van der Waals surface area contributed by atoms with Crippen LogP contribution >= 0.6 is 0 Å². The molecule has 0 aliphatic rings. The van der Waals surface area contributed by atoms with Gasteiger partial charge in [0.2, 0.25) is 0 Å². The van der Waals surface area contributed by atoms with E-state index in [1.54, 1.807) is 0 Å². The molecule has 0 saturated heterocycles. The largest absolute Gasteiger partial charge is 0.545 e. The first-order chi connectivity index (χ1) is 42.6. The third kappa shape index (κ3) is 69.8. The van der Waals surface area contributed by atoms with Crippen molar-refractivity contribution in [2.45, 2.75) is 347 Å².